The summed E-state index contributed by atoms with van der Waals surface area (Å²) in [4.78, 5) is 69.4. The first-order valence-electron chi connectivity index (χ1n) is 13.4. The van der Waals surface area contributed by atoms with Gasteiger partial charge in [0.1, 0.15) is 11.6 Å². The number of benzene rings is 1. The molecule has 1 saturated heterocycles. The number of piperidine rings is 1. The number of primary amides is 1. The smallest absolute Gasteiger partial charge is 0.235 e. The predicted molar refractivity (Wildman–Crippen MR) is 135 cm³/mol. The van der Waals surface area contributed by atoms with Gasteiger partial charge in [-0.25, -0.2) is 4.39 Å². The van der Waals surface area contributed by atoms with E-state index >= 15 is 4.39 Å². The first-order valence-corrected chi connectivity index (χ1v) is 13.4. The number of fused-ring (bicyclic) bond motifs is 3. The van der Waals surface area contributed by atoms with E-state index in [1.165, 1.54) is 25.1 Å². The number of nitrogens with two attached hydrogens (primary N) is 1. The van der Waals surface area contributed by atoms with Crippen LogP contribution in [0.15, 0.2) is 6.07 Å². The summed E-state index contributed by atoms with van der Waals surface area (Å²) in [6.07, 6.45) is 1.76. The molecule has 0 bridgehead atoms. The third-order valence-corrected chi connectivity index (χ3v) is 9.34. The fraction of sp³-hybridized carbons (Fsp3) is 0.607. The van der Waals surface area contributed by atoms with E-state index in [0.29, 0.717) is 5.92 Å². The number of halogens is 1. The molecule has 0 aromatic heterocycles. The SMILES string of the molecule is CC1CCN(Cc2cc(O)c3c(c2F)C[C@H]2C[C@H]4[C@H](N(C)C)C(=O)C(C(N)=O)C(=O)[C@@]4(O)C(=O)C2C3=O)CC1. The molecule has 0 radical (unpaired) electrons. The molecule has 3 aliphatic carbocycles. The molecule has 5 rings (SSSR count). The van der Waals surface area contributed by atoms with Crippen molar-refractivity contribution < 1.29 is 38.6 Å². The van der Waals surface area contributed by atoms with Gasteiger partial charge >= 0.3 is 0 Å². The van der Waals surface area contributed by atoms with Gasteiger partial charge in [-0.2, -0.15) is 0 Å². The van der Waals surface area contributed by atoms with Gasteiger partial charge in [0.15, 0.2) is 34.7 Å². The zero-order valence-corrected chi connectivity index (χ0v) is 22.3. The number of amides is 1. The van der Waals surface area contributed by atoms with Crippen LogP contribution in [-0.4, -0.2) is 87.9 Å². The first kappa shape index (κ1) is 27.5. The molecule has 3 fully saturated rings. The summed E-state index contributed by atoms with van der Waals surface area (Å²) >= 11 is 0. The molecule has 1 aromatic carbocycles. The van der Waals surface area contributed by atoms with Crippen LogP contribution in [0.25, 0.3) is 0 Å². The predicted octanol–water partition coefficient (Wildman–Crippen LogP) is 0.238. The van der Waals surface area contributed by atoms with Crippen molar-refractivity contribution in [3.8, 4) is 5.75 Å². The van der Waals surface area contributed by atoms with Crippen LogP contribution in [0.4, 0.5) is 4.39 Å². The van der Waals surface area contributed by atoms with Gasteiger partial charge in [-0.15, -0.1) is 0 Å². The van der Waals surface area contributed by atoms with E-state index in [1.807, 2.05) is 0 Å². The van der Waals surface area contributed by atoms with Crippen LogP contribution in [0.2, 0.25) is 0 Å². The second kappa shape index (κ2) is 9.57. The summed E-state index contributed by atoms with van der Waals surface area (Å²) in [7, 11) is 3.03. The van der Waals surface area contributed by atoms with E-state index in [2.05, 4.69) is 11.8 Å². The summed E-state index contributed by atoms with van der Waals surface area (Å²) in [5.74, 6) is -11.6. The molecule has 11 heteroatoms. The molecule has 1 aromatic rings. The van der Waals surface area contributed by atoms with Gasteiger partial charge in [-0.3, -0.25) is 33.8 Å². The monoisotopic (exact) mass is 543 g/mol. The fourth-order valence-electron chi connectivity index (χ4n) is 7.28. The maximum atomic E-state index is 15.9. The molecule has 4 N–H and O–H groups in total. The molecular formula is C28H34FN3O7. The van der Waals surface area contributed by atoms with E-state index in [-0.39, 0.29) is 36.1 Å². The number of aromatic hydroxyl groups is 1. The first-order chi connectivity index (χ1) is 18.3. The van der Waals surface area contributed by atoms with Crippen molar-refractivity contribution in [1.29, 1.82) is 0 Å². The van der Waals surface area contributed by atoms with Gasteiger partial charge < -0.3 is 15.9 Å². The Morgan fingerprint density at radius 3 is 2.41 bits per heavy atom. The average Bonchev–Trinajstić information content (AvgIpc) is 2.85. The number of likely N-dealkylation sites (tertiary alicyclic amines) is 1. The number of phenols is 1. The molecule has 1 heterocycles. The van der Waals surface area contributed by atoms with Crippen LogP contribution in [0, 0.1) is 35.4 Å². The fourth-order valence-corrected chi connectivity index (χ4v) is 7.28. The lowest BCUT2D eigenvalue weighted by molar-refractivity contribution is -0.181. The van der Waals surface area contributed by atoms with Crippen molar-refractivity contribution in [3.05, 3.63) is 28.6 Å². The Balaban J connectivity index is 1.54. The molecule has 210 valence electrons. The number of Topliss-reactive ketones (excluding diaryl/α,β-unsaturated/α-hetero) is 4. The second-order valence-electron chi connectivity index (χ2n) is 12.0. The highest BCUT2D eigenvalue weighted by Gasteiger charge is 2.69. The number of rotatable bonds is 4. The number of likely N-dealkylation sites (N-methyl/N-ethyl adjacent to an activating group) is 1. The lowest BCUT2D eigenvalue weighted by Gasteiger charge is -2.52. The summed E-state index contributed by atoms with van der Waals surface area (Å²) in [6.45, 7) is 4.01. The lowest BCUT2D eigenvalue weighted by atomic mass is 9.52. The summed E-state index contributed by atoms with van der Waals surface area (Å²) in [5, 5.41) is 22.4. The Morgan fingerprint density at radius 1 is 1.18 bits per heavy atom. The maximum Gasteiger partial charge on any atom is 0.235 e. The Kier molecular flexibility index (Phi) is 6.76. The summed E-state index contributed by atoms with van der Waals surface area (Å²) < 4.78 is 15.9. The molecule has 10 nitrogen and oxygen atoms in total. The van der Waals surface area contributed by atoms with Crippen LogP contribution < -0.4 is 5.73 Å². The Hall–Kier alpha value is -3.02. The van der Waals surface area contributed by atoms with Crippen molar-refractivity contribution in [2.45, 2.75) is 50.8 Å². The number of nitrogens with zero attached hydrogens (tertiary/aromatic N) is 2. The van der Waals surface area contributed by atoms with E-state index in [9.17, 15) is 34.2 Å². The number of carbonyl (C=O) groups is 5. The largest absolute Gasteiger partial charge is 0.507 e. The van der Waals surface area contributed by atoms with Crippen LogP contribution in [0.1, 0.15) is 47.7 Å². The molecule has 1 aliphatic heterocycles. The van der Waals surface area contributed by atoms with E-state index in [0.717, 1.165) is 25.9 Å². The Bertz CT molecular complexity index is 1290. The van der Waals surface area contributed by atoms with Crippen LogP contribution in [0.5, 0.6) is 5.75 Å². The molecular weight excluding hydrogens is 509 g/mol. The second-order valence-corrected chi connectivity index (χ2v) is 12.0. The summed E-state index contributed by atoms with van der Waals surface area (Å²) in [5.41, 5.74) is 2.46. The molecule has 6 atom stereocenters. The minimum Gasteiger partial charge on any atom is -0.507 e. The molecule has 0 spiro atoms. The van der Waals surface area contributed by atoms with Crippen molar-refractivity contribution in [1.82, 2.24) is 9.80 Å². The molecule has 4 aliphatic rings. The van der Waals surface area contributed by atoms with E-state index in [4.69, 9.17) is 5.73 Å². The topological polar surface area (TPSA) is 158 Å². The standard InChI is InChI=1S/C28H34FN3O7/c1-12-4-6-32(7-5-12)11-14-10-17(33)19-15(21(14)29)8-13-9-16-22(31(2)3)24(35)20(27(30)38)26(37)28(16,39)25(36)18(13)23(19)34/h10,12-13,16,18,20,22,33,39H,4-9,11H2,1-3H3,(H2,30,38)/t13-,16-,18?,20?,22-,28-/m0/s1. The minimum atomic E-state index is -2.80. The summed E-state index contributed by atoms with van der Waals surface area (Å²) in [6, 6.07) is 0.0166. The van der Waals surface area contributed by atoms with Crippen LogP contribution in [0.3, 0.4) is 0 Å². The molecule has 1 amide bonds. The Morgan fingerprint density at radius 2 is 1.82 bits per heavy atom. The van der Waals surface area contributed by atoms with Gasteiger partial charge in [-0.05, 0) is 70.8 Å². The number of ketones is 4. The highest BCUT2D eigenvalue weighted by atomic mass is 19.1. The van der Waals surface area contributed by atoms with Gasteiger partial charge in [-0.1, -0.05) is 6.92 Å². The van der Waals surface area contributed by atoms with E-state index in [1.54, 1.807) is 0 Å². The minimum absolute atomic E-state index is 0.00439. The molecule has 2 unspecified atom stereocenters. The van der Waals surface area contributed by atoms with Crippen LogP contribution >= 0.6 is 0 Å². The van der Waals surface area contributed by atoms with Gasteiger partial charge in [0.25, 0.3) is 0 Å². The van der Waals surface area contributed by atoms with Crippen molar-refractivity contribution in [3.63, 3.8) is 0 Å². The van der Waals surface area contributed by atoms with Crippen molar-refractivity contribution in [2.75, 3.05) is 27.2 Å². The average molecular weight is 544 g/mol. The number of aliphatic hydroxyl groups is 1. The third kappa shape index (κ3) is 4.05. The van der Waals surface area contributed by atoms with Crippen molar-refractivity contribution >= 4 is 29.0 Å². The number of carbonyl (C=O) groups excluding carboxylic acids is 5. The number of hydrogen-bond donors (Lipinski definition) is 3. The highest BCUT2D eigenvalue weighted by Crippen LogP contribution is 2.51. The zero-order chi connectivity index (χ0) is 28.5. The van der Waals surface area contributed by atoms with Crippen molar-refractivity contribution in [2.24, 2.45) is 35.3 Å². The van der Waals surface area contributed by atoms with Gasteiger partial charge in [0.2, 0.25) is 5.91 Å². The van der Waals surface area contributed by atoms with Crippen LogP contribution in [-0.2, 0) is 32.1 Å². The highest BCUT2D eigenvalue weighted by molar-refractivity contribution is 6.32. The maximum absolute atomic E-state index is 15.9. The normalized spacial score (nSPS) is 33.6. The third-order valence-electron chi connectivity index (χ3n) is 9.34. The zero-order valence-electron chi connectivity index (χ0n) is 22.3. The van der Waals surface area contributed by atoms with E-state index < -0.39 is 75.9 Å². The molecule has 2 saturated carbocycles. The Labute approximate surface area is 225 Å². The number of hydrogen-bond acceptors (Lipinski definition) is 9. The van der Waals surface area contributed by atoms with Gasteiger partial charge in [0.05, 0.1) is 17.5 Å². The van der Waals surface area contributed by atoms with Gasteiger partial charge in [0, 0.05) is 23.6 Å². The lowest BCUT2D eigenvalue weighted by Crippen LogP contribution is -2.74. The molecule has 39 heavy (non-hydrogen) atoms. The number of phenolic OH excluding ortho intramolecular Hbond substituents is 1. The quantitative estimate of drug-likeness (QED) is 0.452.